The molecule has 0 saturated heterocycles. The summed E-state index contributed by atoms with van der Waals surface area (Å²) in [5.41, 5.74) is 2.92. The second kappa shape index (κ2) is 13.0. The van der Waals surface area contributed by atoms with Crippen LogP contribution in [-0.4, -0.2) is 27.4 Å². The molecule has 37 heavy (non-hydrogen) atoms. The number of aliphatic carboxylic acids is 1. The lowest BCUT2D eigenvalue weighted by Gasteiger charge is -2.54. The molecule has 0 radical (unpaired) electrons. The summed E-state index contributed by atoms with van der Waals surface area (Å²) in [7, 11) is 0. The number of hydrogen-bond acceptors (Lipinski definition) is 3. The number of carboxylic acid groups (broad SMARTS) is 1. The lowest BCUT2D eigenvalue weighted by atomic mass is 9.51. The van der Waals surface area contributed by atoms with Crippen LogP contribution in [-0.2, 0) is 11.2 Å². The van der Waals surface area contributed by atoms with Gasteiger partial charge >= 0.3 is 5.97 Å². The molecule has 0 aromatic heterocycles. The summed E-state index contributed by atoms with van der Waals surface area (Å²) in [5, 5.41) is 30.5. The zero-order valence-electron chi connectivity index (χ0n) is 23.5. The van der Waals surface area contributed by atoms with Crippen molar-refractivity contribution in [1.29, 1.82) is 0 Å². The molecule has 0 spiro atoms. The molecule has 4 rings (SSSR count). The van der Waals surface area contributed by atoms with Crippen LogP contribution in [0.5, 0.6) is 5.75 Å². The molecule has 4 heteroatoms. The maximum atomic E-state index is 11.4. The molecule has 2 fully saturated rings. The summed E-state index contributed by atoms with van der Waals surface area (Å²) in [6.07, 6.45) is 18.9. The second-order valence-electron chi connectivity index (χ2n) is 13.0. The number of benzene rings is 1. The van der Waals surface area contributed by atoms with Gasteiger partial charge in [-0.1, -0.05) is 77.7 Å². The van der Waals surface area contributed by atoms with Gasteiger partial charge in [-0.15, -0.1) is 0 Å². The van der Waals surface area contributed by atoms with Gasteiger partial charge < -0.3 is 15.3 Å². The van der Waals surface area contributed by atoms with Crippen molar-refractivity contribution in [3.05, 3.63) is 29.3 Å². The number of rotatable bonds is 14. The molecule has 0 aliphatic heterocycles. The van der Waals surface area contributed by atoms with Crippen LogP contribution in [0.3, 0.4) is 0 Å². The monoisotopic (exact) mass is 512 g/mol. The number of aryl methyl sites for hydroxylation is 1. The van der Waals surface area contributed by atoms with E-state index >= 15 is 0 Å². The van der Waals surface area contributed by atoms with Gasteiger partial charge in [0.2, 0.25) is 0 Å². The lowest BCUT2D eigenvalue weighted by molar-refractivity contribution is -0.142. The quantitative estimate of drug-likeness (QED) is 0.219. The van der Waals surface area contributed by atoms with E-state index < -0.39 is 5.97 Å². The van der Waals surface area contributed by atoms with Gasteiger partial charge in [0.25, 0.3) is 0 Å². The molecule has 2 saturated carbocycles. The highest BCUT2D eigenvalue weighted by molar-refractivity contribution is 5.69. The molecule has 3 N–H and O–H groups in total. The molecule has 0 heterocycles. The molecule has 0 bridgehead atoms. The van der Waals surface area contributed by atoms with Gasteiger partial charge in [0.1, 0.15) is 5.75 Å². The highest BCUT2D eigenvalue weighted by atomic mass is 16.4. The Bertz CT molecular complexity index is 881. The highest BCUT2D eigenvalue weighted by Gasteiger charge is 2.57. The van der Waals surface area contributed by atoms with Crippen molar-refractivity contribution < 1.29 is 20.1 Å². The number of carbonyl (C=O) groups is 1. The zero-order chi connectivity index (χ0) is 26.4. The Labute approximate surface area is 225 Å². The van der Waals surface area contributed by atoms with Crippen LogP contribution in [0.2, 0.25) is 0 Å². The van der Waals surface area contributed by atoms with Gasteiger partial charge in [-0.25, -0.2) is 0 Å². The second-order valence-corrected chi connectivity index (χ2v) is 13.0. The molecule has 3 aliphatic rings. The average Bonchev–Trinajstić information content (AvgIpc) is 3.17. The first kappa shape index (κ1) is 28.5. The normalized spacial score (nSPS) is 31.4. The van der Waals surface area contributed by atoms with Crippen LogP contribution in [0, 0.1) is 29.1 Å². The van der Waals surface area contributed by atoms with Crippen molar-refractivity contribution in [2.24, 2.45) is 29.1 Å². The number of hydrogen-bond donors (Lipinski definition) is 3. The Morgan fingerprint density at radius 1 is 1.00 bits per heavy atom. The predicted molar refractivity (Wildman–Crippen MR) is 150 cm³/mol. The third-order valence-corrected chi connectivity index (χ3v) is 10.7. The van der Waals surface area contributed by atoms with Gasteiger partial charge in [-0.2, -0.15) is 0 Å². The third-order valence-electron chi connectivity index (χ3n) is 10.7. The fourth-order valence-electron chi connectivity index (χ4n) is 8.65. The van der Waals surface area contributed by atoms with E-state index in [4.69, 9.17) is 0 Å². The van der Waals surface area contributed by atoms with Crippen LogP contribution in [0.4, 0.5) is 0 Å². The van der Waals surface area contributed by atoms with Crippen molar-refractivity contribution in [3.63, 3.8) is 0 Å². The number of aromatic hydroxyl groups is 1. The molecule has 0 amide bonds. The minimum absolute atomic E-state index is 0.0746. The van der Waals surface area contributed by atoms with E-state index in [9.17, 15) is 20.1 Å². The molecule has 208 valence electrons. The Kier molecular flexibility index (Phi) is 10.00. The van der Waals surface area contributed by atoms with Gasteiger partial charge in [0.05, 0.1) is 12.0 Å². The molecular weight excluding hydrogens is 460 g/mol. The fraction of sp³-hybridized carbons (Fsp3) is 0.788. The zero-order valence-corrected chi connectivity index (χ0v) is 23.5. The van der Waals surface area contributed by atoms with Crippen LogP contribution in [0.25, 0.3) is 0 Å². The predicted octanol–water partition coefficient (Wildman–Crippen LogP) is 8.24. The SMILES string of the molecule is CCCCC(CCCCCCCCC[C@H]1C[C@@]2(C)C(CC[C@@H]2O)C2CCc3cc(O)ccc3C21)C(=O)O. The topological polar surface area (TPSA) is 77.8 Å². The summed E-state index contributed by atoms with van der Waals surface area (Å²) < 4.78 is 0. The number of carboxylic acids is 1. The summed E-state index contributed by atoms with van der Waals surface area (Å²) in [4.78, 5) is 11.4. The van der Waals surface area contributed by atoms with E-state index in [0.29, 0.717) is 29.4 Å². The Balaban J connectivity index is 1.24. The van der Waals surface area contributed by atoms with Crippen molar-refractivity contribution in [3.8, 4) is 5.75 Å². The van der Waals surface area contributed by atoms with E-state index in [-0.39, 0.29) is 17.4 Å². The Morgan fingerprint density at radius 2 is 1.70 bits per heavy atom. The Morgan fingerprint density at radius 3 is 2.43 bits per heavy atom. The van der Waals surface area contributed by atoms with Crippen molar-refractivity contribution in [2.45, 2.75) is 135 Å². The molecule has 4 nitrogen and oxygen atoms in total. The first-order valence-corrected chi connectivity index (χ1v) is 15.6. The van der Waals surface area contributed by atoms with E-state index in [0.717, 1.165) is 57.8 Å². The molecule has 7 atom stereocenters. The van der Waals surface area contributed by atoms with E-state index in [2.05, 4.69) is 19.9 Å². The standard InChI is InChI=1S/C33H52O4/c1-3-4-12-23(32(36)37)13-10-8-6-5-7-9-11-14-25-22-33(2)29(19-20-30(33)35)28-17-15-24-21-26(34)16-18-27(24)31(25)28/h16,18,21,23,25,28-31,34-35H,3-15,17,19-20,22H2,1-2H3,(H,36,37)/t23?,25-,28?,29?,30-,31?,33-/m0/s1. The Hall–Kier alpha value is -1.55. The number of aliphatic hydroxyl groups excluding tert-OH is 1. The molecule has 3 aliphatic carbocycles. The summed E-state index contributed by atoms with van der Waals surface area (Å²) in [6.45, 7) is 4.50. The third kappa shape index (κ3) is 6.54. The van der Waals surface area contributed by atoms with Crippen LogP contribution in [0.15, 0.2) is 18.2 Å². The van der Waals surface area contributed by atoms with Gasteiger partial charge in [0, 0.05) is 0 Å². The first-order chi connectivity index (χ1) is 17.8. The number of phenolic OH excluding ortho intramolecular Hbond substituents is 1. The van der Waals surface area contributed by atoms with Crippen LogP contribution >= 0.6 is 0 Å². The fourth-order valence-corrected chi connectivity index (χ4v) is 8.65. The smallest absolute Gasteiger partial charge is 0.306 e. The number of unbranched alkanes of at least 4 members (excludes halogenated alkanes) is 7. The minimum Gasteiger partial charge on any atom is -0.508 e. The summed E-state index contributed by atoms with van der Waals surface area (Å²) in [5.74, 6) is 2.15. The molecule has 1 aromatic carbocycles. The summed E-state index contributed by atoms with van der Waals surface area (Å²) >= 11 is 0. The maximum absolute atomic E-state index is 11.4. The molecule has 1 aromatic rings. The first-order valence-electron chi connectivity index (χ1n) is 15.6. The van der Waals surface area contributed by atoms with Crippen molar-refractivity contribution in [2.75, 3.05) is 0 Å². The van der Waals surface area contributed by atoms with Crippen LogP contribution < -0.4 is 0 Å². The summed E-state index contributed by atoms with van der Waals surface area (Å²) in [6, 6.07) is 6.10. The maximum Gasteiger partial charge on any atom is 0.306 e. The van der Waals surface area contributed by atoms with Gasteiger partial charge in [-0.3, -0.25) is 4.79 Å². The van der Waals surface area contributed by atoms with Gasteiger partial charge in [0.15, 0.2) is 0 Å². The van der Waals surface area contributed by atoms with E-state index in [1.165, 1.54) is 62.5 Å². The minimum atomic E-state index is -0.610. The van der Waals surface area contributed by atoms with E-state index in [1.807, 2.05) is 12.1 Å². The lowest BCUT2D eigenvalue weighted by Crippen LogP contribution is -2.47. The molecule has 4 unspecified atom stereocenters. The molecular formula is C33H52O4. The van der Waals surface area contributed by atoms with E-state index in [1.54, 1.807) is 0 Å². The number of fused-ring (bicyclic) bond motifs is 5. The largest absolute Gasteiger partial charge is 0.508 e. The van der Waals surface area contributed by atoms with Crippen molar-refractivity contribution in [1.82, 2.24) is 0 Å². The van der Waals surface area contributed by atoms with Gasteiger partial charge in [-0.05, 0) is 104 Å². The average molecular weight is 513 g/mol. The van der Waals surface area contributed by atoms with Crippen LogP contribution in [0.1, 0.15) is 134 Å². The number of aliphatic hydroxyl groups is 1. The number of phenols is 1. The highest BCUT2D eigenvalue weighted by Crippen LogP contribution is 2.63. The van der Waals surface area contributed by atoms with Crippen molar-refractivity contribution >= 4 is 5.97 Å².